The van der Waals surface area contributed by atoms with Gasteiger partial charge in [-0.1, -0.05) is 32.4 Å². The number of carbonyl (C=O) groups excluding carboxylic acids is 1. The summed E-state index contributed by atoms with van der Waals surface area (Å²) >= 11 is 6.06. The molecule has 0 saturated heterocycles. The number of rotatable bonds is 3. The number of hydrogen-bond acceptors (Lipinski definition) is 4. The molecule has 0 atom stereocenters. The molecule has 1 amide bonds. The number of anilines is 1. The van der Waals surface area contributed by atoms with Crippen LogP contribution in [0.4, 0.5) is 10.6 Å². The smallest absolute Gasteiger partial charge is 0.413 e. The van der Waals surface area contributed by atoms with Crippen LogP contribution in [0.5, 0.6) is 0 Å². The summed E-state index contributed by atoms with van der Waals surface area (Å²) in [5.41, 5.74) is 0.785. The number of carbonyl (C=O) groups is 2. The van der Waals surface area contributed by atoms with Crippen LogP contribution in [-0.4, -0.2) is 38.1 Å². The number of halogens is 1. The first-order chi connectivity index (χ1) is 10.7. The lowest BCUT2D eigenvalue weighted by molar-refractivity contribution is 0.112. The van der Waals surface area contributed by atoms with Gasteiger partial charge in [-0.05, 0) is 12.8 Å². The highest BCUT2D eigenvalue weighted by Crippen LogP contribution is 2.35. The topological polar surface area (TPSA) is 87.8 Å². The Hall–Kier alpha value is -2.15. The summed E-state index contributed by atoms with van der Waals surface area (Å²) in [6.45, 7) is 5.79. The molecule has 0 unspecified atom stereocenters. The number of aromatic nitrogens is 3. The first-order valence-corrected chi connectivity index (χ1v) is 7.69. The number of fused-ring (bicyclic) bond motifs is 1. The van der Waals surface area contributed by atoms with Gasteiger partial charge in [0, 0.05) is 17.5 Å². The van der Waals surface area contributed by atoms with Crippen LogP contribution in [0.1, 0.15) is 49.7 Å². The van der Waals surface area contributed by atoms with Gasteiger partial charge in [0.15, 0.2) is 11.9 Å². The summed E-state index contributed by atoms with van der Waals surface area (Å²) < 4.78 is 1.41. The van der Waals surface area contributed by atoms with Gasteiger partial charge in [-0.15, -0.1) is 0 Å². The predicted molar refractivity (Wildman–Crippen MR) is 85.6 cm³/mol. The number of aldehydes is 1. The molecule has 1 N–H and O–H groups in total. The summed E-state index contributed by atoms with van der Waals surface area (Å²) in [6, 6.07) is 1.38. The van der Waals surface area contributed by atoms with Crippen molar-refractivity contribution in [2.24, 2.45) is 0 Å². The first kappa shape index (κ1) is 15.7. The van der Waals surface area contributed by atoms with Crippen molar-refractivity contribution in [1.82, 2.24) is 14.6 Å². The second-order valence-corrected chi connectivity index (χ2v) is 7.07. The molecule has 2 aromatic heterocycles. The normalized spacial score (nSPS) is 15.0. The van der Waals surface area contributed by atoms with E-state index < -0.39 is 6.09 Å². The van der Waals surface area contributed by atoms with Gasteiger partial charge in [0.1, 0.15) is 11.0 Å². The average Bonchev–Trinajstić information content (AvgIpc) is 3.16. The van der Waals surface area contributed by atoms with E-state index in [0.29, 0.717) is 23.4 Å². The third kappa shape index (κ3) is 2.65. The molecule has 2 aromatic rings. The van der Waals surface area contributed by atoms with E-state index in [2.05, 4.69) is 10.1 Å². The fourth-order valence-electron chi connectivity index (χ4n) is 2.60. The van der Waals surface area contributed by atoms with E-state index in [1.807, 2.05) is 20.8 Å². The van der Waals surface area contributed by atoms with Crippen LogP contribution in [0.15, 0.2) is 6.07 Å². The van der Waals surface area contributed by atoms with Crippen LogP contribution >= 0.6 is 11.6 Å². The Bertz CT molecular complexity index is 805. The second-order valence-electron chi connectivity index (χ2n) is 6.69. The highest BCUT2D eigenvalue weighted by Gasteiger charge is 2.36. The Kier molecular flexibility index (Phi) is 3.55. The average molecular weight is 337 g/mol. The van der Waals surface area contributed by atoms with Crippen LogP contribution in [0.3, 0.4) is 0 Å². The number of carboxylic acid groups (broad SMARTS) is 1. The molecular formula is C15H17ClN4O3. The van der Waals surface area contributed by atoms with E-state index in [9.17, 15) is 14.7 Å². The Morgan fingerprint density at radius 1 is 1.48 bits per heavy atom. The zero-order valence-corrected chi connectivity index (χ0v) is 13.8. The first-order valence-electron chi connectivity index (χ1n) is 7.31. The molecule has 0 radical (unpaired) electrons. The highest BCUT2D eigenvalue weighted by atomic mass is 35.5. The molecule has 1 saturated carbocycles. The van der Waals surface area contributed by atoms with Gasteiger partial charge in [0.05, 0.1) is 11.3 Å². The number of amides is 1. The zero-order chi connectivity index (χ0) is 16.9. The van der Waals surface area contributed by atoms with Crippen LogP contribution in [0.25, 0.3) is 5.65 Å². The van der Waals surface area contributed by atoms with Gasteiger partial charge in [-0.25, -0.2) is 9.78 Å². The molecule has 2 heterocycles. The minimum absolute atomic E-state index is 0.0869. The quantitative estimate of drug-likeness (QED) is 0.687. The Balaban J connectivity index is 2.33. The molecule has 0 bridgehead atoms. The molecule has 1 aliphatic carbocycles. The molecule has 0 aliphatic heterocycles. The maximum absolute atomic E-state index is 11.6. The summed E-state index contributed by atoms with van der Waals surface area (Å²) in [4.78, 5) is 28.6. The summed E-state index contributed by atoms with van der Waals surface area (Å²) in [7, 11) is 0. The lowest BCUT2D eigenvalue weighted by Gasteiger charge is -2.19. The third-order valence-electron chi connectivity index (χ3n) is 3.77. The summed E-state index contributed by atoms with van der Waals surface area (Å²) in [5.74, 6) is 0.314. The maximum Gasteiger partial charge on any atom is 0.413 e. The summed E-state index contributed by atoms with van der Waals surface area (Å²) in [5, 5.41) is 14.1. The minimum atomic E-state index is -1.07. The van der Waals surface area contributed by atoms with Crippen molar-refractivity contribution in [2.45, 2.75) is 45.1 Å². The number of nitrogens with zero attached hydrogens (tertiary/aromatic N) is 4. The molecule has 3 rings (SSSR count). The van der Waals surface area contributed by atoms with Crippen LogP contribution in [0, 0.1) is 0 Å². The van der Waals surface area contributed by atoms with Crippen molar-refractivity contribution in [3.63, 3.8) is 0 Å². The van der Waals surface area contributed by atoms with Crippen molar-refractivity contribution >= 4 is 35.4 Å². The molecular weight excluding hydrogens is 320 g/mol. The van der Waals surface area contributed by atoms with Crippen molar-refractivity contribution < 1.29 is 14.7 Å². The van der Waals surface area contributed by atoms with Crippen molar-refractivity contribution in [1.29, 1.82) is 0 Å². The van der Waals surface area contributed by atoms with Gasteiger partial charge in [-0.2, -0.15) is 9.61 Å². The molecule has 7 nitrogen and oxygen atoms in total. The minimum Gasteiger partial charge on any atom is -0.465 e. The highest BCUT2D eigenvalue weighted by molar-refractivity contribution is 6.30. The van der Waals surface area contributed by atoms with E-state index in [0.717, 1.165) is 12.8 Å². The fourth-order valence-corrected chi connectivity index (χ4v) is 2.78. The van der Waals surface area contributed by atoms with Gasteiger partial charge in [0.2, 0.25) is 0 Å². The van der Waals surface area contributed by atoms with Crippen LogP contribution in [-0.2, 0) is 5.41 Å². The van der Waals surface area contributed by atoms with E-state index >= 15 is 0 Å². The van der Waals surface area contributed by atoms with E-state index in [4.69, 9.17) is 11.6 Å². The Morgan fingerprint density at radius 3 is 2.61 bits per heavy atom. The lowest BCUT2D eigenvalue weighted by Crippen LogP contribution is -2.33. The van der Waals surface area contributed by atoms with Gasteiger partial charge < -0.3 is 5.11 Å². The SMILES string of the molecule is CC(C)(C)c1nn2c(N(C(=O)O)C3CC3)cc(Cl)nc2c1C=O. The lowest BCUT2D eigenvalue weighted by atomic mass is 9.90. The van der Waals surface area contributed by atoms with Gasteiger partial charge in [0.25, 0.3) is 0 Å². The molecule has 8 heteroatoms. The predicted octanol–water partition coefficient (Wildman–Crippen LogP) is 3.14. The monoisotopic (exact) mass is 336 g/mol. The standard InChI is InChI=1S/C15H17ClN4O3/c1-15(2,3)12-9(7-21)13-17-10(16)6-11(20(13)18-12)19(14(22)23)8-4-5-8/h6-8H,4-5H2,1-3H3,(H,22,23). The van der Waals surface area contributed by atoms with Crippen molar-refractivity contribution in [3.05, 3.63) is 22.5 Å². The van der Waals surface area contributed by atoms with E-state index in [1.165, 1.54) is 15.5 Å². The van der Waals surface area contributed by atoms with Crippen molar-refractivity contribution in [2.75, 3.05) is 4.90 Å². The fraction of sp³-hybridized carbons (Fsp3) is 0.467. The number of hydrogen-bond donors (Lipinski definition) is 1. The molecule has 1 fully saturated rings. The summed E-state index contributed by atoms with van der Waals surface area (Å²) in [6.07, 6.45) is 1.21. The molecule has 0 spiro atoms. The maximum atomic E-state index is 11.6. The molecule has 122 valence electrons. The molecule has 1 aliphatic rings. The second kappa shape index (κ2) is 5.19. The van der Waals surface area contributed by atoms with E-state index in [1.54, 1.807) is 0 Å². The van der Waals surface area contributed by atoms with Gasteiger partial charge in [-0.3, -0.25) is 9.69 Å². The van der Waals surface area contributed by atoms with Gasteiger partial charge >= 0.3 is 6.09 Å². The third-order valence-corrected chi connectivity index (χ3v) is 3.96. The molecule has 0 aromatic carbocycles. The van der Waals surface area contributed by atoms with Crippen LogP contribution in [0.2, 0.25) is 5.15 Å². The van der Waals surface area contributed by atoms with E-state index in [-0.39, 0.29) is 22.3 Å². The van der Waals surface area contributed by atoms with Crippen LogP contribution < -0.4 is 4.90 Å². The molecule has 23 heavy (non-hydrogen) atoms. The Labute approximate surface area is 137 Å². The largest absolute Gasteiger partial charge is 0.465 e. The van der Waals surface area contributed by atoms with Crippen molar-refractivity contribution in [3.8, 4) is 0 Å². The Morgan fingerprint density at radius 2 is 2.13 bits per heavy atom. The zero-order valence-electron chi connectivity index (χ0n) is 13.1.